The molecule has 1 rings (SSSR count). The molecule has 1 fully saturated rings. The van der Waals surface area contributed by atoms with E-state index in [2.05, 4.69) is 31.0 Å². The highest BCUT2D eigenvalue weighted by atomic mass is 16.5. The van der Waals surface area contributed by atoms with Gasteiger partial charge in [-0.3, -0.25) is 4.90 Å². The molecule has 1 aliphatic rings. The van der Waals surface area contributed by atoms with Gasteiger partial charge in [0, 0.05) is 19.1 Å². The zero-order valence-corrected chi connectivity index (χ0v) is 10.5. The van der Waals surface area contributed by atoms with Gasteiger partial charge in [0.05, 0.1) is 13.2 Å². The Bertz CT molecular complexity index is 156. The molecule has 1 N–H and O–H groups in total. The van der Waals surface area contributed by atoms with Gasteiger partial charge in [0.15, 0.2) is 0 Å². The van der Waals surface area contributed by atoms with Crippen LogP contribution in [0.5, 0.6) is 0 Å². The highest BCUT2D eigenvalue weighted by molar-refractivity contribution is 4.66. The molecule has 0 aliphatic carbocycles. The predicted molar refractivity (Wildman–Crippen MR) is 64.2 cm³/mol. The first-order valence-electron chi connectivity index (χ1n) is 6.23. The molecule has 1 saturated heterocycles. The fraction of sp³-hybridized carbons (Fsp3) is 1.00. The van der Waals surface area contributed by atoms with Gasteiger partial charge in [0.1, 0.15) is 0 Å². The molecule has 0 aromatic heterocycles. The van der Waals surface area contributed by atoms with Crippen molar-refractivity contribution in [1.82, 2.24) is 10.2 Å². The van der Waals surface area contributed by atoms with E-state index in [0.717, 1.165) is 38.8 Å². The van der Waals surface area contributed by atoms with Crippen molar-refractivity contribution in [3.63, 3.8) is 0 Å². The summed E-state index contributed by atoms with van der Waals surface area (Å²) in [4.78, 5) is 2.49. The maximum absolute atomic E-state index is 5.32. The molecule has 0 radical (unpaired) electrons. The van der Waals surface area contributed by atoms with E-state index in [1.165, 1.54) is 13.0 Å². The molecule has 15 heavy (non-hydrogen) atoms. The minimum atomic E-state index is 0.634. The largest absolute Gasteiger partial charge is 0.379 e. The number of ether oxygens (including phenoxy) is 1. The number of morpholine rings is 1. The molecular formula is C12H26N2O. The first kappa shape index (κ1) is 12.9. The second-order valence-corrected chi connectivity index (χ2v) is 4.79. The van der Waals surface area contributed by atoms with Gasteiger partial charge in [0.25, 0.3) is 0 Å². The van der Waals surface area contributed by atoms with E-state index in [0.29, 0.717) is 6.04 Å². The lowest BCUT2D eigenvalue weighted by molar-refractivity contribution is 0.0373. The smallest absolute Gasteiger partial charge is 0.0594 e. The zero-order valence-electron chi connectivity index (χ0n) is 10.5. The van der Waals surface area contributed by atoms with E-state index >= 15 is 0 Å². The fourth-order valence-electron chi connectivity index (χ4n) is 1.69. The molecule has 90 valence electrons. The lowest BCUT2D eigenvalue weighted by Crippen LogP contribution is -2.38. The van der Waals surface area contributed by atoms with Gasteiger partial charge < -0.3 is 10.1 Å². The van der Waals surface area contributed by atoms with Crippen molar-refractivity contribution >= 4 is 0 Å². The molecule has 0 bridgehead atoms. The Hall–Kier alpha value is -0.120. The molecule has 1 aliphatic heterocycles. The first-order chi connectivity index (χ1) is 7.20. The number of rotatable bonds is 6. The van der Waals surface area contributed by atoms with Gasteiger partial charge in [-0.15, -0.1) is 0 Å². The standard InChI is InChI=1S/C12H26N2O/c1-11(2)12(3)13-5-4-6-14-7-9-15-10-8-14/h11-13H,4-10H2,1-3H3. The van der Waals surface area contributed by atoms with Crippen LogP contribution in [0, 0.1) is 5.92 Å². The minimum Gasteiger partial charge on any atom is -0.379 e. The van der Waals surface area contributed by atoms with Gasteiger partial charge in [-0.1, -0.05) is 13.8 Å². The lowest BCUT2D eigenvalue weighted by Gasteiger charge is -2.27. The molecular weight excluding hydrogens is 188 g/mol. The van der Waals surface area contributed by atoms with Gasteiger partial charge in [-0.05, 0) is 32.4 Å². The van der Waals surface area contributed by atoms with Crippen molar-refractivity contribution in [3.8, 4) is 0 Å². The highest BCUT2D eigenvalue weighted by Gasteiger charge is 2.10. The van der Waals surface area contributed by atoms with Gasteiger partial charge in [-0.2, -0.15) is 0 Å². The second-order valence-electron chi connectivity index (χ2n) is 4.79. The van der Waals surface area contributed by atoms with Crippen molar-refractivity contribution in [1.29, 1.82) is 0 Å². The maximum atomic E-state index is 5.32. The summed E-state index contributed by atoms with van der Waals surface area (Å²) in [5, 5.41) is 3.56. The molecule has 1 unspecified atom stereocenters. The van der Waals surface area contributed by atoms with Crippen LogP contribution in [0.3, 0.4) is 0 Å². The summed E-state index contributed by atoms with van der Waals surface area (Å²) in [7, 11) is 0. The minimum absolute atomic E-state index is 0.634. The lowest BCUT2D eigenvalue weighted by atomic mass is 10.1. The Balaban J connectivity index is 1.96. The molecule has 0 saturated carbocycles. The van der Waals surface area contributed by atoms with Gasteiger partial charge in [0.2, 0.25) is 0 Å². The van der Waals surface area contributed by atoms with Crippen LogP contribution in [0.15, 0.2) is 0 Å². The quantitative estimate of drug-likeness (QED) is 0.675. The van der Waals surface area contributed by atoms with E-state index in [9.17, 15) is 0 Å². The van der Waals surface area contributed by atoms with Crippen LogP contribution in [-0.2, 0) is 4.74 Å². The number of nitrogens with zero attached hydrogens (tertiary/aromatic N) is 1. The van der Waals surface area contributed by atoms with Crippen LogP contribution >= 0.6 is 0 Å². The maximum Gasteiger partial charge on any atom is 0.0594 e. The van der Waals surface area contributed by atoms with Crippen molar-refractivity contribution in [2.75, 3.05) is 39.4 Å². The number of hydrogen-bond acceptors (Lipinski definition) is 3. The van der Waals surface area contributed by atoms with Crippen LogP contribution in [0.4, 0.5) is 0 Å². The normalized spacial score (nSPS) is 20.8. The Morgan fingerprint density at radius 3 is 2.47 bits per heavy atom. The second kappa shape index (κ2) is 7.20. The summed E-state index contributed by atoms with van der Waals surface area (Å²) in [6, 6.07) is 0.634. The Morgan fingerprint density at radius 1 is 1.20 bits per heavy atom. The van der Waals surface area contributed by atoms with E-state index < -0.39 is 0 Å². The summed E-state index contributed by atoms with van der Waals surface area (Å²) in [6.07, 6.45) is 1.25. The monoisotopic (exact) mass is 214 g/mol. The van der Waals surface area contributed by atoms with Gasteiger partial charge in [-0.25, -0.2) is 0 Å². The summed E-state index contributed by atoms with van der Waals surface area (Å²) in [5.74, 6) is 0.730. The number of nitrogens with one attached hydrogen (secondary N) is 1. The summed E-state index contributed by atoms with van der Waals surface area (Å²) in [6.45, 7) is 13.2. The average molecular weight is 214 g/mol. The van der Waals surface area contributed by atoms with Crippen molar-refractivity contribution in [2.24, 2.45) is 5.92 Å². The molecule has 0 spiro atoms. The van der Waals surface area contributed by atoms with Crippen LogP contribution in [0.25, 0.3) is 0 Å². The Morgan fingerprint density at radius 2 is 1.87 bits per heavy atom. The Kier molecular flexibility index (Phi) is 6.22. The van der Waals surface area contributed by atoms with E-state index in [1.807, 2.05) is 0 Å². The SMILES string of the molecule is CC(C)C(C)NCCCN1CCOCC1. The molecule has 1 heterocycles. The van der Waals surface area contributed by atoms with E-state index in [1.54, 1.807) is 0 Å². The van der Waals surface area contributed by atoms with Crippen molar-refractivity contribution in [2.45, 2.75) is 33.2 Å². The van der Waals surface area contributed by atoms with Gasteiger partial charge >= 0.3 is 0 Å². The average Bonchev–Trinajstić information content (AvgIpc) is 2.25. The molecule has 0 aromatic rings. The highest BCUT2D eigenvalue weighted by Crippen LogP contribution is 2.00. The third-order valence-electron chi connectivity index (χ3n) is 3.22. The molecule has 1 atom stereocenters. The third-order valence-corrected chi connectivity index (χ3v) is 3.22. The molecule has 3 heteroatoms. The molecule has 0 aromatic carbocycles. The third kappa shape index (κ3) is 5.50. The van der Waals surface area contributed by atoms with Crippen LogP contribution in [-0.4, -0.2) is 50.3 Å². The summed E-state index contributed by atoms with van der Waals surface area (Å²) in [5.41, 5.74) is 0. The fourth-order valence-corrected chi connectivity index (χ4v) is 1.69. The molecule has 0 amide bonds. The predicted octanol–water partition coefficient (Wildman–Crippen LogP) is 1.34. The Labute approximate surface area is 94.2 Å². The zero-order chi connectivity index (χ0) is 11.1. The van der Waals surface area contributed by atoms with Crippen LogP contribution in [0.2, 0.25) is 0 Å². The first-order valence-corrected chi connectivity index (χ1v) is 6.23. The van der Waals surface area contributed by atoms with Crippen molar-refractivity contribution < 1.29 is 4.74 Å². The number of hydrogen-bond donors (Lipinski definition) is 1. The van der Waals surface area contributed by atoms with Crippen LogP contribution < -0.4 is 5.32 Å². The van der Waals surface area contributed by atoms with Crippen molar-refractivity contribution in [3.05, 3.63) is 0 Å². The molecule has 3 nitrogen and oxygen atoms in total. The summed E-state index contributed by atoms with van der Waals surface area (Å²) >= 11 is 0. The topological polar surface area (TPSA) is 24.5 Å². The van der Waals surface area contributed by atoms with E-state index in [-0.39, 0.29) is 0 Å². The van der Waals surface area contributed by atoms with Crippen LogP contribution in [0.1, 0.15) is 27.2 Å². The van der Waals surface area contributed by atoms with E-state index in [4.69, 9.17) is 4.74 Å². The summed E-state index contributed by atoms with van der Waals surface area (Å²) < 4.78 is 5.32.